The second-order valence-corrected chi connectivity index (χ2v) is 3.88. The van der Waals surface area contributed by atoms with E-state index in [0.29, 0.717) is 0 Å². The molecule has 1 heterocycles. The van der Waals surface area contributed by atoms with E-state index in [1.54, 1.807) is 0 Å². The van der Waals surface area contributed by atoms with E-state index in [1.807, 2.05) is 0 Å². The van der Waals surface area contributed by atoms with Crippen LogP contribution in [0.3, 0.4) is 0 Å². The van der Waals surface area contributed by atoms with E-state index in [4.69, 9.17) is 10.2 Å². The summed E-state index contributed by atoms with van der Waals surface area (Å²) in [5, 5.41) is 15.8. The van der Waals surface area contributed by atoms with E-state index >= 15 is 0 Å². The second-order valence-electron chi connectivity index (χ2n) is 3.88. The van der Waals surface area contributed by atoms with Gasteiger partial charge in [0.25, 0.3) is 0 Å². The van der Waals surface area contributed by atoms with Gasteiger partial charge in [-0.15, -0.1) is 0 Å². The van der Waals surface area contributed by atoms with Crippen LogP contribution in [0.1, 0.15) is 29.5 Å². The van der Waals surface area contributed by atoms with Gasteiger partial charge in [0.15, 0.2) is 0 Å². The van der Waals surface area contributed by atoms with Crippen LogP contribution in [0.5, 0.6) is 0 Å². The Morgan fingerprint density at radius 3 is 2.35 bits per heavy atom. The Bertz CT molecular complexity index is 244. The molecule has 6 heteroatoms. The Balaban J connectivity index is -0.000000112. The third kappa shape index (κ3) is 10.9. The molecule has 0 saturated carbocycles. The van der Waals surface area contributed by atoms with Crippen LogP contribution >= 0.6 is 0 Å². The minimum Gasteiger partial charge on any atom is -1.00 e. The average Bonchev–Trinajstić information content (AvgIpc) is 2.62. The number of carboxylic acids is 1. The second kappa shape index (κ2) is 11.1. The zero-order valence-corrected chi connectivity index (χ0v) is 13.2. The molecule has 2 N–H and O–H groups in total. The van der Waals surface area contributed by atoms with Crippen molar-refractivity contribution in [1.82, 2.24) is 9.80 Å². The number of rotatable bonds is 4. The predicted molar refractivity (Wildman–Crippen MR) is 70.7 cm³/mol. The van der Waals surface area contributed by atoms with Gasteiger partial charge in [-0.3, -0.25) is 0 Å². The summed E-state index contributed by atoms with van der Waals surface area (Å²) in [5.74, 6) is -1.19. The Hall–Kier alpha value is 0.0297. The molecule has 0 radical (unpaired) electrons. The van der Waals surface area contributed by atoms with Crippen molar-refractivity contribution in [3.05, 3.63) is 12.4 Å². The van der Waals surface area contributed by atoms with Gasteiger partial charge in [-0.1, -0.05) is 13.3 Å². The summed E-state index contributed by atoms with van der Waals surface area (Å²) in [7, 11) is 2.10. The van der Waals surface area contributed by atoms with E-state index in [2.05, 4.69) is 36.2 Å². The predicted octanol–water partition coefficient (Wildman–Crippen LogP) is 0.759. The summed E-state index contributed by atoms with van der Waals surface area (Å²) < 4.78 is 0. The minimum atomic E-state index is -1.23. The number of aliphatic hydroxyl groups excluding tert-OH is 1. The molecule has 0 aliphatic carbocycles. The van der Waals surface area contributed by atoms with Crippen molar-refractivity contribution >= 4 is 43.7 Å². The van der Waals surface area contributed by atoms with Crippen LogP contribution in [0.2, 0.25) is 0 Å². The fourth-order valence-electron chi connectivity index (χ4n) is 1.10. The third-order valence-electron chi connectivity index (χ3n) is 2.09. The fourth-order valence-corrected chi connectivity index (χ4v) is 1.10. The van der Waals surface area contributed by atoms with E-state index in [-0.39, 0.29) is 40.6 Å². The summed E-state index contributed by atoms with van der Waals surface area (Å²) in [4.78, 5) is 14.0. The van der Waals surface area contributed by atoms with Gasteiger partial charge in [-0.05, 0) is 13.3 Å². The maximum atomic E-state index is 9.45. The maximum Gasteiger partial charge on any atom is 2.00 e. The molecule has 0 aromatic carbocycles. The topological polar surface area (TPSA) is 64.0 Å². The van der Waals surface area contributed by atoms with Gasteiger partial charge in [-0.2, -0.15) is 0 Å². The zero-order chi connectivity index (χ0) is 12.6. The zero-order valence-electron chi connectivity index (χ0n) is 13.0. The van der Waals surface area contributed by atoms with Gasteiger partial charge in [0.05, 0.1) is 6.67 Å². The van der Waals surface area contributed by atoms with Crippen molar-refractivity contribution in [1.29, 1.82) is 0 Å². The van der Waals surface area contributed by atoms with E-state index in [9.17, 15) is 4.79 Å². The Labute approximate surface area is 136 Å². The van der Waals surface area contributed by atoms with Gasteiger partial charge in [0.2, 0.25) is 0 Å². The molecule has 1 aliphatic heterocycles. The number of carboxylic acid groups (broad SMARTS) is 1. The normalized spacial score (nSPS) is 14.8. The molecular formula is C11H24CaN2O3. The summed E-state index contributed by atoms with van der Waals surface area (Å²) in [6.07, 6.45) is 5.64. The maximum absolute atomic E-state index is 9.45. The van der Waals surface area contributed by atoms with E-state index < -0.39 is 12.1 Å². The molecule has 0 bridgehead atoms. The van der Waals surface area contributed by atoms with E-state index in [0.717, 1.165) is 6.67 Å². The van der Waals surface area contributed by atoms with Crippen LogP contribution in [0, 0.1) is 0 Å². The molecule has 1 unspecified atom stereocenters. The molecule has 0 aromatic rings. The number of nitrogens with zero attached hydrogens (tertiary/aromatic N) is 2. The Morgan fingerprint density at radius 2 is 2.06 bits per heavy atom. The van der Waals surface area contributed by atoms with Crippen molar-refractivity contribution in [3.8, 4) is 0 Å². The Morgan fingerprint density at radius 1 is 1.53 bits per heavy atom. The number of unbranched alkanes of at least 4 members (excludes halogenated alkanes) is 1. The minimum absolute atomic E-state index is 0. The molecule has 5 nitrogen and oxygen atoms in total. The molecular weight excluding hydrogens is 248 g/mol. The first kappa shape index (κ1) is 19.4. The average molecular weight is 272 g/mol. The molecule has 0 aromatic heterocycles. The first-order chi connectivity index (χ1) is 7.47. The standard InChI is InChI=1S/C8H16N2.C3H6O3.Ca.2H/c1-3-4-5-10-7-6-9(2)8-10;1-2(4)3(5)6;;;/h6-7H,3-5,8H2,1-2H3;2,4H,1H3,(H,5,6);;;/q;;+2;2*-1. The van der Waals surface area contributed by atoms with Crippen LogP contribution in [0.25, 0.3) is 0 Å². The molecule has 0 amide bonds. The molecule has 98 valence electrons. The number of hydrogen-bond donors (Lipinski definition) is 2. The van der Waals surface area contributed by atoms with Gasteiger partial charge in [0, 0.05) is 26.0 Å². The van der Waals surface area contributed by atoms with Crippen LogP contribution in [0.15, 0.2) is 12.4 Å². The monoisotopic (exact) mass is 272 g/mol. The fraction of sp³-hybridized carbons (Fsp3) is 0.727. The largest absolute Gasteiger partial charge is 2.00 e. The van der Waals surface area contributed by atoms with E-state index in [1.165, 1.54) is 26.3 Å². The number of aliphatic hydroxyl groups is 1. The van der Waals surface area contributed by atoms with Crippen molar-refractivity contribution in [2.24, 2.45) is 0 Å². The van der Waals surface area contributed by atoms with Crippen molar-refractivity contribution in [3.63, 3.8) is 0 Å². The number of hydrogen-bond acceptors (Lipinski definition) is 4. The Kier molecular flexibility index (Phi) is 12.7. The first-order valence-corrected chi connectivity index (χ1v) is 5.50. The molecule has 0 spiro atoms. The van der Waals surface area contributed by atoms with Gasteiger partial charge < -0.3 is 22.9 Å². The summed E-state index contributed by atoms with van der Waals surface area (Å²) in [6, 6.07) is 0. The quantitative estimate of drug-likeness (QED) is 0.740. The van der Waals surface area contributed by atoms with Crippen molar-refractivity contribution in [2.45, 2.75) is 32.8 Å². The SMILES string of the molecule is CC(O)C(=O)O.CCCCN1C=CN(C)C1.[Ca+2].[H-].[H-]. The van der Waals surface area contributed by atoms with Crippen LogP contribution in [0.4, 0.5) is 0 Å². The number of carbonyl (C=O) groups is 1. The molecule has 17 heavy (non-hydrogen) atoms. The van der Waals surface area contributed by atoms with Crippen LogP contribution in [-0.2, 0) is 4.79 Å². The van der Waals surface area contributed by atoms with Gasteiger partial charge in [-0.25, -0.2) is 4.79 Å². The van der Waals surface area contributed by atoms with Crippen molar-refractivity contribution < 1.29 is 17.9 Å². The summed E-state index contributed by atoms with van der Waals surface area (Å²) in [6.45, 7) is 5.70. The molecule has 1 atom stereocenters. The number of aliphatic carboxylic acids is 1. The van der Waals surface area contributed by atoms with Gasteiger partial charge in [0.1, 0.15) is 6.10 Å². The third-order valence-corrected chi connectivity index (χ3v) is 2.09. The van der Waals surface area contributed by atoms with Crippen LogP contribution < -0.4 is 0 Å². The summed E-state index contributed by atoms with van der Waals surface area (Å²) >= 11 is 0. The van der Waals surface area contributed by atoms with Gasteiger partial charge >= 0.3 is 43.7 Å². The van der Waals surface area contributed by atoms with Crippen molar-refractivity contribution in [2.75, 3.05) is 20.3 Å². The molecule has 1 aliphatic rings. The first-order valence-electron chi connectivity index (χ1n) is 5.50. The smallest absolute Gasteiger partial charge is 1.00 e. The summed E-state index contributed by atoms with van der Waals surface area (Å²) in [5.41, 5.74) is 0. The van der Waals surface area contributed by atoms with Crippen LogP contribution in [-0.4, -0.2) is 90.1 Å². The molecule has 1 rings (SSSR count). The molecule has 0 saturated heterocycles. The molecule has 0 fully saturated rings.